The van der Waals surface area contributed by atoms with Crippen molar-refractivity contribution in [3.05, 3.63) is 58.5 Å². The second-order valence-corrected chi connectivity index (χ2v) is 12.3. The van der Waals surface area contributed by atoms with Crippen molar-refractivity contribution in [3.8, 4) is 11.5 Å². The Morgan fingerprint density at radius 2 is 2.11 bits per heavy atom. The van der Waals surface area contributed by atoms with Crippen molar-refractivity contribution in [1.82, 2.24) is 20.5 Å². The van der Waals surface area contributed by atoms with E-state index in [-0.39, 0.29) is 48.2 Å². The fourth-order valence-corrected chi connectivity index (χ4v) is 5.57. The summed E-state index contributed by atoms with van der Waals surface area (Å²) in [4.78, 5) is 32.0. The van der Waals surface area contributed by atoms with Crippen LogP contribution in [0.15, 0.2) is 47.9 Å². The van der Waals surface area contributed by atoms with Gasteiger partial charge in [-0.3, -0.25) is 14.7 Å². The summed E-state index contributed by atoms with van der Waals surface area (Å²) in [6.07, 6.45) is 3.23. The second kappa shape index (κ2) is 15.6. The molecular weight excluding hydrogens is 622 g/mol. The van der Waals surface area contributed by atoms with Crippen LogP contribution in [-0.4, -0.2) is 90.2 Å². The number of anilines is 1. The van der Waals surface area contributed by atoms with Crippen molar-refractivity contribution in [3.63, 3.8) is 0 Å². The summed E-state index contributed by atoms with van der Waals surface area (Å²) in [5.41, 5.74) is 1.49. The Morgan fingerprint density at radius 3 is 2.84 bits per heavy atom. The molecule has 2 amide bonds. The number of morpholine rings is 1. The minimum atomic E-state index is -0.627. The van der Waals surface area contributed by atoms with E-state index in [4.69, 9.17) is 42.8 Å². The Morgan fingerprint density at radius 1 is 1.31 bits per heavy atom. The maximum Gasteiger partial charge on any atom is 0.410 e. The number of carbonyl (C=O) groups excluding carboxylic acids is 2. The van der Waals surface area contributed by atoms with Gasteiger partial charge in [-0.2, -0.15) is 0 Å². The number of nitrogens with one attached hydrogen (secondary N) is 3. The number of hydrogen-bond donors (Lipinski definition) is 4. The first kappa shape index (κ1) is 34.2. The van der Waals surface area contributed by atoms with Gasteiger partial charge in [0.2, 0.25) is 0 Å². The average Bonchev–Trinajstić information content (AvgIpc) is 3.00. The highest BCUT2D eigenvalue weighted by Crippen LogP contribution is 2.33. The smallest absolute Gasteiger partial charge is 0.410 e. The van der Waals surface area contributed by atoms with Gasteiger partial charge in [-0.1, -0.05) is 29.9 Å². The van der Waals surface area contributed by atoms with Gasteiger partial charge in [-0.05, 0) is 45.4 Å². The number of benzene rings is 1. The molecule has 0 radical (unpaired) electrons. The van der Waals surface area contributed by atoms with Crippen LogP contribution in [0.4, 0.5) is 10.5 Å². The first-order valence-electron chi connectivity index (χ1n) is 14.7. The maximum absolute atomic E-state index is 13.2. The molecule has 1 aromatic heterocycles. The lowest BCUT2D eigenvalue weighted by Gasteiger charge is -2.36. The van der Waals surface area contributed by atoms with Crippen LogP contribution in [0.2, 0.25) is 5.02 Å². The Hall–Kier alpha value is -3.65. The van der Waals surface area contributed by atoms with Gasteiger partial charge >= 0.3 is 6.09 Å². The number of ether oxygens (including phenoxy) is 4. The van der Waals surface area contributed by atoms with Crippen molar-refractivity contribution < 1.29 is 33.6 Å². The van der Waals surface area contributed by atoms with E-state index in [0.717, 1.165) is 5.56 Å². The fourth-order valence-electron chi connectivity index (χ4n) is 5.01. The van der Waals surface area contributed by atoms with E-state index in [1.807, 2.05) is 26.8 Å². The van der Waals surface area contributed by atoms with Crippen LogP contribution < -0.4 is 25.4 Å². The molecule has 4 rings (SSSR count). The second-order valence-electron chi connectivity index (χ2n) is 11.5. The Bertz CT molecular complexity index is 1420. The number of aliphatic hydroxyl groups excluding tert-OH is 1. The third-order valence-corrected chi connectivity index (χ3v) is 7.77. The first-order valence-corrected chi connectivity index (χ1v) is 15.4. The number of aliphatic hydroxyl groups is 1. The lowest BCUT2D eigenvalue weighted by molar-refractivity contribution is -0.117. The van der Waals surface area contributed by atoms with E-state index in [1.165, 1.54) is 7.11 Å². The van der Waals surface area contributed by atoms with E-state index in [9.17, 15) is 14.7 Å². The summed E-state index contributed by atoms with van der Waals surface area (Å²) in [7, 11) is 1.50. The van der Waals surface area contributed by atoms with E-state index in [0.29, 0.717) is 60.6 Å². The van der Waals surface area contributed by atoms with Gasteiger partial charge in [0.25, 0.3) is 5.91 Å². The first-order chi connectivity index (χ1) is 21.5. The average molecular weight is 662 g/mol. The van der Waals surface area contributed by atoms with Crippen LogP contribution in [0.3, 0.4) is 0 Å². The van der Waals surface area contributed by atoms with Gasteiger partial charge in [0.15, 0.2) is 5.75 Å². The number of pyridine rings is 1. The van der Waals surface area contributed by atoms with Crippen LogP contribution >= 0.6 is 23.8 Å². The highest BCUT2D eigenvalue weighted by atomic mass is 35.5. The standard InChI is InChI=1S/C31H40ClN5O7S/c1-31(2,3)44-30(40)37-11-13-42-17-21(37)18-43-24-16-33-10-8-19(24)14-34-26-20(9-12-38)15-35-28(39)25(26)29(45)36-23-7-5-6-22(32)27(23)41-4/h5-8,10,16,20-21,34,38H,9,11-15,17-18H2,1-4H3,(H,35,39)(H,36,45)/t20?,21-/m0/s1. The molecule has 2 atom stereocenters. The molecule has 2 aliphatic heterocycles. The number of hydrogen-bond acceptors (Lipinski definition) is 10. The Kier molecular flexibility index (Phi) is 11.8. The molecule has 0 saturated carbocycles. The molecule has 2 aliphatic rings. The lowest BCUT2D eigenvalue weighted by Crippen LogP contribution is -2.52. The highest BCUT2D eigenvalue weighted by molar-refractivity contribution is 7.81. The summed E-state index contributed by atoms with van der Waals surface area (Å²) in [6.45, 7) is 7.27. The van der Waals surface area contributed by atoms with Gasteiger partial charge in [-0.25, -0.2) is 4.79 Å². The zero-order valence-electron chi connectivity index (χ0n) is 25.9. The molecule has 45 heavy (non-hydrogen) atoms. The van der Waals surface area contributed by atoms with E-state index in [1.54, 1.807) is 35.5 Å². The summed E-state index contributed by atoms with van der Waals surface area (Å²) >= 11 is 12.0. The van der Waals surface area contributed by atoms with Gasteiger partial charge in [0.1, 0.15) is 22.9 Å². The molecule has 1 unspecified atom stereocenters. The van der Waals surface area contributed by atoms with Gasteiger partial charge in [0, 0.05) is 49.6 Å². The number of methoxy groups -OCH3 is 1. The third-order valence-electron chi connectivity index (χ3n) is 7.16. The molecule has 4 N–H and O–H groups in total. The number of amides is 2. The van der Waals surface area contributed by atoms with Crippen molar-refractivity contribution >= 4 is 46.5 Å². The topological polar surface area (TPSA) is 144 Å². The van der Waals surface area contributed by atoms with Crippen molar-refractivity contribution in [2.75, 3.05) is 51.9 Å². The zero-order valence-corrected chi connectivity index (χ0v) is 27.4. The number of para-hydroxylation sites is 1. The predicted octanol–water partition coefficient (Wildman–Crippen LogP) is 3.67. The predicted molar refractivity (Wildman–Crippen MR) is 174 cm³/mol. The number of halogens is 1. The fraction of sp³-hybridized carbons (Fsp3) is 0.484. The molecule has 12 nitrogen and oxygen atoms in total. The minimum absolute atomic E-state index is 0.0808. The maximum atomic E-state index is 13.2. The number of nitrogens with zero attached hydrogens (tertiary/aromatic N) is 2. The molecule has 0 bridgehead atoms. The van der Waals surface area contributed by atoms with Crippen molar-refractivity contribution in [2.45, 2.75) is 45.4 Å². The van der Waals surface area contributed by atoms with Crippen LogP contribution in [-0.2, 0) is 20.8 Å². The van der Waals surface area contributed by atoms with Gasteiger partial charge in [0.05, 0.1) is 48.8 Å². The van der Waals surface area contributed by atoms with Crippen molar-refractivity contribution in [2.24, 2.45) is 5.92 Å². The monoisotopic (exact) mass is 661 g/mol. The molecule has 14 heteroatoms. The Balaban J connectivity index is 1.54. The SMILES string of the molecule is COc1c(Cl)cccc1NC(=S)C1=C(NCc2ccncc2OC[C@@H]2COCCN2C(=O)OC(C)(C)C)C(CCO)CNC1=O. The number of rotatable bonds is 11. The largest absolute Gasteiger partial charge is 0.493 e. The quantitative estimate of drug-likeness (QED) is 0.262. The van der Waals surface area contributed by atoms with Crippen LogP contribution in [0.1, 0.15) is 32.8 Å². The highest BCUT2D eigenvalue weighted by Gasteiger charge is 2.33. The number of carbonyl (C=O) groups is 2. The van der Waals surface area contributed by atoms with Crippen LogP contribution in [0.25, 0.3) is 0 Å². The number of thiocarbonyl (C=S) groups is 1. The molecule has 0 spiro atoms. The molecule has 244 valence electrons. The molecule has 0 aliphatic carbocycles. The molecule has 1 fully saturated rings. The molecule has 1 aromatic carbocycles. The Labute approximate surface area is 273 Å². The van der Waals surface area contributed by atoms with Crippen LogP contribution in [0.5, 0.6) is 11.5 Å². The summed E-state index contributed by atoms with van der Waals surface area (Å²) in [5, 5.41) is 19.6. The van der Waals surface area contributed by atoms with Crippen LogP contribution in [0, 0.1) is 5.92 Å². The zero-order chi connectivity index (χ0) is 32.6. The summed E-state index contributed by atoms with van der Waals surface area (Å²) in [5.74, 6) is 0.324. The summed E-state index contributed by atoms with van der Waals surface area (Å²) in [6, 6.07) is 6.64. The lowest BCUT2D eigenvalue weighted by atomic mass is 9.92. The van der Waals surface area contributed by atoms with Crippen molar-refractivity contribution in [1.29, 1.82) is 0 Å². The third kappa shape index (κ3) is 8.97. The number of aromatic nitrogens is 1. The van der Waals surface area contributed by atoms with Gasteiger partial charge in [-0.15, -0.1) is 0 Å². The van der Waals surface area contributed by atoms with Gasteiger partial charge < -0.3 is 40.0 Å². The molecule has 3 heterocycles. The van der Waals surface area contributed by atoms with E-state index < -0.39 is 11.7 Å². The molecular formula is C31H40ClN5O7S. The minimum Gasteiger partial charge on any atom is -0.493 e. The molecule has 2 aromatic rings. The summed E-state index contributed by atoms with van der Waals surface area (Å²) < 4.78 is 22.8. The van der Waals surface area contributed by atoms with E-state index in [2.05, 4.69) is 20.9 Å². The van der Waals surface area contributed by atoms with E-state index >= 15 is 0 Å². The molecule has 1 saturated heterocycles. The normalized spacial score (nSPS) is 18.6.